The first kappa shape index (κ1) is 27.1. The summed E-state index contributed by atoms with van der Waals surface area (Å²) in [5, 5.41) is 3.79. The van der Waals surface area contributed by atoms with E-state index in [-0.39, 0.29) is 17.3 Å². The van der Waals surface area contributed by atoms with Gasteiger partial charge in [0.25, 0.3) is 0 Å². The molecular weight excluding hydrogens is 485 g/mol. The minimum Gasteiger partial charge on any atom is -0.354 e. The molecule has 1 N–H and O–H groups in total. The second-order valence-corrected chi connectivity index (χ2v) is 10.5. The number of nitrogens with one attached hydrogen (secondary N) is 1. The Labute approximate surface area is 205 Å². The average Bonchev–Trinajstić information content (AvgIpc) is 2.78. The Bertz CT molecular complexity index is 1040. The second kappa shape index (κ2) is 12.4. The van der Waals surface area contributed by atoms with Crippen molar-refractivity contribution in [1.29, 1.82) is 0 Å². The molecule has 2 aromatic rings. The van der Waals surface area contributed by atoms with Crippen molar-refractivity contribution >= 4 is 45.0 Å². The van der Waals surface area contributed by atoms with Crippen LogP contribution in [0.15, 0.2) is 53.4 Å². The fourth-order valence-corrected chi connectivity index (χ4v) is 4.60. The average molecular weight is 514 g/mol. The summed E-state index contributed by atoms with van der Waals surface area (Å²) in [6, 6.07) is 11.9. The number of rotatable bonds is 11. The van der Waals surface area contributed by atoms with Crippen LogP contribution >= 0.6 is 23.2 Å². The fraction of sp³-hybridized carbons (Fsp3) is 0.391. The van der Waals surface area contributed by atoms with E-state index in [0.717, 1.165) is 16.3 Å². The Hall–Kier alpha value is -2.13. The number of benzene rings is 2. The van der Waals surface area contributed by atoms with E-state index in [1.54, 1.807) is 24.3 Å². The molecule has 0 heterocycles. The van der Waals surface area contributed by atoms with Gasteiger partial charge in [0.05, 0.1) is 11.4 Å². The fourth-order valence-electron chi connectivity index (χ4n) is 3.22. The Balaban J connectivity index is 2.29. The van der Waals surface area contributed by atoms with E-state index in [9.17, 15) is 18.0 Å². The summed E-state index contributed by atoms with van der Waals surface area (Å²) in [6.07, 6.45) is 1.14. The molecule has 0 aliphatic heterocycles. The maximum Gasteiger partial charge on any atom is 0.243 e. The van der Waals surface area contributed by atoms with Crippen LogP contribution in [-0.4, -0.2) is 55.6 Å². The third-order valence-electron chi connectivity index (χ3n) is 5.08. The number of halogens is 2. The molecule has 2 amide bonds. The van der Waals surface area contributed by atoms with Crippen LogP contribution in [0.2, 0.25) is 10.0 Å². The zero-order valence-electron chi connectivity index (χ0n) is 18.9. The quantitative estimate of drug-likeness (QED) is 0.492. The van der Waals surface area contributed by atoms with E-state index < -0.39 is 28.5 Å². The Morgan fingerprint density at radius 3 is 2.03 bits per heavy atom. The molecule has 0 radical (unpaired) electrons. The highest BCUT2D eigenvalue weighted by atomic mass is 35.5. The van der Waals surface area contributed by atoms with Crippen LogP contribution in [0, 0.1) is 0 Å². The smallest absolute Gasteiger partial charge is 0.243 e. The van der Waals surface area contributed by atoms with Gasteiger partial charge < -0.3 is 10.2 Å². The lowest BCUT2D eigenvalue weighted by atomic mass is 10.1. The zero-order chi connectivity index (χ0) is 24.6. The molecule has 0 saturated heterocycles. The van der Waals surface area contributed by atoms with Crippen molar-refractivity contribution in [2.24, 2.45) is 0 Å². The number of nitrogens with zero attached hydrogens (tertiary/aromatic N) is 2. The predicted octanol–water partition coefficient (Wildman–Crippen LogP) is 3.95. The van der Waals surface area contributed by atoms with Crippen molar-refractivity contribution in [2.75, 3.05) is 20.1 Å². The Morgan fingerprint density at radius 2 is 1.52 bits per heavy atom. The molecule has 0 fully saturated rings. The molecule has 0 bridgehead atoms. The minimum atomic E-state index is -3.92. The number of hydrogen-bond donors (Lipinski definition) is 1. The summed E-state index contributed by atoms with van der Waals surface area (Å²) in [5.74, 6) is -0.756. The molecule has 0 unspecified atom stereocenters. The molecule has 0 spiro atoms. The van der Waals surface area contributed by atoms with Gasteiger partial charge in [-0.3, -0.25) is 9.59 Å². The van der Waals surface area contributed by atoms with E-state index in [0.29, 0.717) is 23.0 Å². The predicted molar refractivity (Wildman–Crippen MR) is 131 cm³/mol. The summed E-state index contributed by atoms with van der Waals surface area (Å²) < 4.78 is 26.8. The first-order chi connectivity index (χ1) is 15.6. The summed E-state index contributed by atoms with van der Waals surface area (Å²) in [4.78, 5) is 27.6. The number of carbonyl (C=O) groups is 2. The summed E-state index contributed by atoms with van der Waals surface area (Å²) in [6.45, 7) is 3.96. The van der Waals surface area contributed by atoms with Crippen molar-refractivity contribution in [3.05, 3.63) is 64.1 Å². The van der Waals surface area contributed by atoms with E-state index in [2.05, 4.69) is 5.32 Å². The molecule has 1 atom stereocenters. The topological polar surface area (TPSA) is 86.8 Å². The summed E-state index contributed by atoms with van der Waals surface area (Å²) in [5.41, 5.74) is 0.776. The molecule has 0 aliphatic rings. The maximum absolute atomic E-state index is 13.3. The van der Waals surface area contributed by atoms with Crippen LogP contribution in [0.1, 0.15) is 32.3 Å². The van der Waals surface area contributed by atoms with Gasteiger partial charge in [0.2, 0.25) is 21.8 Å². The third kappa shape index (κ3) is 7.43. The van der Waals surface area contributed by atoms with Gasteiger partial charge in [0.1, 0.15) is 6.04 Å². The molecule has 7 nitrogen and oxygen atoms in total. The van der Waals surface area contributed by atoms with Crippen molar-refractivity contribution in [3.63, 3.8) is 0 Å². The summed E-state index contributed by atoms with van der Waals surface area (Å²) >= 11 is 11.8. The first-order valence-electron chi connectivity index (χ1n) is 10.6. The monoisotopic (exact) mass is 513 g/mol. The standard InChI is InChI=1S/C23H29Cl2N3O4S/c1-4-14-26-23(30)21(5-2)28(15-17-6-8-18(24)9-7-17)22(29)16-27(3)33(31,32)20-12-10-19(25)11-13-20/h6-13,21H,4-5,14-16H2,1-3H3,(H,26,30)/t21-/m1/s1. The van der Waals surface area contributed by atoms with Crippen molar-refractivity contribution in [1.82, 2.24) is 14.5 Å². The largest absolute Gasteiger partial charge is 0.354 e. The Kier molecular flexibility index (Phi) is 10.2. The van der Waals surface area contributed by atoms with E-state index in [4.69, 9.17) is 23.2 Å². The van der Waals surface area contributed by atoms with Gasteiger partial charge in [-0.15, -0.1) is 0 Å². The van der Waals surface area contributed by atoms with E-state index >= 15 is 0 Å². The molecule has 0 aromatic heterocycles. The molecule has 2 rings (SSSR count). The normalized spacial score (nSPS) is 12.4. The van der Waals surface area contributed by atoms with Crippen molar-refractivity contribution in [3.8, 4) is 0 Å². The highest BCUT2D eigenvalue weighted by Gasteiger charge is 2.31. The lowest BCUT2D eigenvalue weighted by Gasteiger charge is -2.32. The van der Waals surface area contributed by atoms with Gasteiger partial charge in [0, 0.05) is 30.2 Å². The highest BCUT2D eigenvalue weighted by molar-refractivity contribution is 7.89. The molecule has 0 saturated carbocycles. The van der Waals surface area contributed by atoms with Crippen LogP contribution in [-0.2, 0) is 26.2 Å². The van der Waals surface area contributed by atoms with Gasteiger partial charge in [-0.25, -0.2) is 8.42 Å². The number of likely N-dealkylation sites (N-methyl/N-ethyl adjacent to an activating group) is 1. The Morgan fingerprint density at radius 1 is 0.970 bits per heavy atom. The van der Waals surface area contributed by atoms with Gasteiger partial charge in [-0.1, -0.05) is 49.2 Å². The zero-order valence-corrected chi connectivity index (χ0v) is 21.3. The number of carbonyl (C=O) groups excluding carboxylic acids is 2. The molecule has 0 aliphatic carbocycles. The van der Waals surface area contributed by atoms with Crippen LogP contribution in [0.4, 0.5) is 0 Å². The van der Waals surface area contributed by atoms with Crippen LogP contribution in [0.25, 0.3) is 0 Å². The van der Waals surface area contributed by atoms with Gasteiger partial charge in [-0.05, 0) is 54.8 Å². The number of hydrogen-bond acceptors (Lipinski definition) is 4. The minimum absolute atomic E-state index is 0.0270. The van der Waals surface area contributed by atoms with E-state index in [1.807, 2.05) is 13.8 Å². The molecule has 2 aromatic carbocycles. The maximum atomic E-state index is 13.3. The SMILES string of the molecule is CCCNC(=O)[C@@H](CC)N(Cc1ccc(Cl)cc1)C(=O)CN(C)S(=O)(=O)c1ccc(Cl)cc1. The molecular formula is C23H29Cl2N3O4S. The summed E-state index contributed by atoms with van der Waals surface area (Å²) in [7, 11) is -2.59. The van der Waals surface area contributed by atoms with Crippen LogP contribution in [0.3, 0.4) is 0 Å². The second-order valence-electron chi connectivity index (χ2n) is 7.58. The van der Waals surface area contributed by atoms with Gasteiger partial charge in [0.15, 0.2) is 0 Å². The van der Waals surface area contributed by atoms with Gasteiger partial charge in [-0.2, -0.15) is 4.31 Å². The van der Waals surface area contributed by atoms with Crippen molar-refractivity contribution in [2.45, 2.75) is 44.2 Å². The number of amides is 2. The molecule has 33 heavy (non-hydrogen) atoms. The number of sulfonamides is 1. The molecule has 180 valence electrons. The molecule has 10 heteroatoms. The first-order valence-corrected chi connectivity index (χ1v) is 12.8. The van der Waals surface area contributed by atoms with E-state index in [1.165, 1.54) is 36.2 Å². The lowest BCUT2D eigenvalue weighted by Crippen LogP contribution is -2.51. The lowest BCUT2D eigenvalue weighted by molar-refractivity contribution is -0.141. The van der Waals surface area contributed by atoms with Gasteiger partial charge >= 0.3 is 0 Å². The van der Waals surface area contributed by atoms with Crippen LogP contribution < -0.4 is 5.32 Å². The van der Waals surface area contributed by atoms with Crippen LogP contribution in [0.5, 0.6) is 0 Å². The van der Waals surface area contributed by atoms with Crippen molar-refractivity contribution < 1.29 is 18.0 Å². The highest BCUT2D eigenvalue weighted by Crippen LogP contribution is 2.19. The third-order valence-corrected chi connectivity index (χ3v) is 7.40.